The van der Waals surface area contributed by atoms with Crippen LogP contribution in [0.5, 0.6) is 0 Å². The molecule has 5 rings (SSSR count). The number of carbonyl (C=O) groups is 2. The minimum atomic E-state index is -0.0975. The van der Waals surface area contributed by atoms with Crippen molar-refractivity contribution in [3.05, 3.63) is 35.9 Å². The Hall–Kier alpha value is -1.64. The SMILES string of the molecule is COC(=O)[C@H]1[C@H]2C[C@@H]3C[C@H](C2)[C@@H](C(=O)c2ccccc2)[C@H]1C3. The van der Waals surface area contributed by atoms with Gasteiger partial charge >= 0.3 is 5.97 Å². The number of hydrogen-bond donors (Lipinski definition) is 0. The van der Waals surface area contributed by atoms with Gasteiger partial charge in [0, 0.05) is 11.5 Å². The molecule has 0 heterocycles. The third-order valence-electron chi connectivity index (χ3n) is 6.26. The van der Waals surface area contributed by atoms with Gasteiger partial charge in [0.15, 0.2) is 5.78 Å². The molecular weight excluding hydrogens is 276 g/mol. The first-order chi connectivity index (χ1) is 10.7. The van der Waals surface area contributed by atoms with Gasteiger partial charge in [-0.1, -0.05) is 30.3 Å². The lowest BCUT2D eigenvalue weighted by Crippen LogP contribution is -2.55. The van der Waals surface area contributed by atoms with Gasteiger partial charge in [-0.3, -0.25) is 9.59 Å². The summed E-state index contributed by atoms with van der Waals surface area (Å²) in [5, 5.41) is 0. The van der Waals surface area contributed by atoms with Gasteiger partial charge in [0.1, 0.15) is 0 Å². The van der Waals surface area contributed by atoms with Crippen LogP contribution >= 0.6 is 0 Å². The van der Waals surface area contributed by atoms with Crippen LogP contribution in [0.25, 0.3) is 0 Å². The summed E-state index contributed by atoms with van der Waals surface area (Å²) < 4.78 is 5.06. The molecule has 0 spiro atoms. The third kappa shape index (κ3) is 2.02. The van der Waals surface area contributed by atoms with Crippen LogP contribution in [0.3, 0.4) is 0 Å². The molecule has 4 fully saturated rings. The minimum Gasteiger partial charge on any atom is -0.469 e. The number of hydrogen-bond acceptors (Lipinski definition) is 3. The smallest absolute Gasteiger partial charge is 0.309 e. The zero-order chi connectivity index (χ0) is 15.3. The van der Waals surface area contributed by atoms with Crippen LogP contribution < -0.4 is 0 Å². The highest BCUT2D eigenvalue weighted by molar-refractivity contribution is 5.98. The first-order valence-corrected chi connectivity index (χ1v) is 8.36. The molecule has 0 aromatic heterocycles. The second-order valence-corrected chi connectivity index (χ2v) is 7.30. The number of methoxy groups -OCH3 is 1. The highest BCUT2D eigenvalue weighted by Gasteiger charge is 2.57. The molecule has 4 aliphatic carbocycles. The first kappa shape index (κ1) is 14.0. The molecule has 1 aromatic carbocycles. The van der Waals surface area contributed by atoms with E-state index in [9.17, 15) is 9.59 Å². The predicted molar refractivity (Wildman–Crippen MR) is 82.2 cm³/mol. The Morgan fingerprint density at radius 1 is 0.955 bits per heavy atom. The summed E-state index contributed by atoms with van der Waals surface area (Å²) in [5.74, 6) is 1.91. The van der Waals surface area contributed by atoms with Crippen molar-refractivity contribution < 1.29 is 14.3 Å². The maximum Gasteiger partial charge on any atom is 0.309 e. The molecule has 116 valence electrons. The Bertz CT molecular complexity index is 594. The molecule has 4 bridgehead atoms. The van der Waals surface area contributed by atoms with Gasteiger partial charge in [-0.25, -0.2) is 0 Å². The summed E-state index contributed by atoms with van der Waals surface area (Å²) in [5.41, 5.74) is 0.795. The van der Waals surface area contributed by atoms with Crippen LogP contribution in [-0.2, 0) is 9.53 Å². The molecule has 3 heteroatoms. The summed E-state index contributed by atoms with van der Waals surface area (Å²) in [6.07, 6.45) is 4.37. The van der Waals surface area contributed by atoms with Crippen molar-refractivity contribution in [3.8, 4) is 0 Å². The van der Waals surface area contributed by atoms with Crippen LogP contribution in [0.2, 0.25) is 0 Å². The quantitative estimate of drug-likeness (QED) is 0.635. The highest BCUT2D eigenvalue weighted by atomic mass is 16.5. The standard InChI is InChI=1S/C19H22O3/c1-22-19(21)17-14-8-11-7-13(10-14)16(15(17)9-11)18(20)12-5-3-2-4-6-12/h2-6,11,13-17H,7-10H2,1H3/t11-,13+,14-,15+,16+,17-/m0/s1. The molecule has 0 unspecified atom stereocenters. The van der Waals surface area contributed by atoms with Crippen molar-refractivity contribution in [2.45, 2.75) is 25.7 Å². The van der Waals surface area contributed by atoms with Gasteiger partial charge < -0.3 is 4.74 Å². The monoisotopic (exact) mass is 298 g/mol. The average Bonchev–Trinajstić information content (AvgIpc) is 2.54. The molecule has 4 saturated carbocycles. The van der Waals surface area contributed by atoms with E-state index in [1.807, 2.05) is 30.3 Å². The van der Waals surface area contributed by atoms with Crippen molar-refractivity contribution in [1.82, 2.24) is 0 Å². The number of carbonyl (C=O) groups excluding carboxylic acids is 2. The van der Waals surface area contributed by atoms with E-state index >= 15 is 0 Å². The number of ether oxygens (including phenoxy) is 1. The molecule has 0 amide bonds. The maximum absolute atomic E-state index is 13.0. The van der Waals surface area contributed by atoms with Gasteiger partial charge in [-0.2, -0.15) is 0 Å². The van der Waals surface area contributed by atoms with E-state index < -0.39 is 0 Å². The fourth-order valence-electron chi connectivity index (χ4n) is 5.62. The number of esters is 1. The lowest BCUT2D eigenvalue weighted by atomic mass is 9.47. The van der Waals surface area contributed by atoms with Crippen LogP contribution in [0, 0.1) is 35.5 Å². The Morgan fingerprint density at radius 3 is 2.32 bits per heavy atom. The fourth-order valence-corrected chi connectivity index (χ4v) is 5.62. The maximum atomic E-state index is 13.0. The van der Waals surface area contributed by atoms with Crippen molar-refractivity contribution in [2.75, 3.05) is 7.11 Å². The highest BCUT2D eigenvalue weighted by Crippen LogP contribution is 2.59. The van der Waals surface area contributed by atoms with Gasteiger partial charge in [-0.15, -0.1) is 0 Å². The topological polar surface area (TPSA) is 43.4 Å². The number of Topliss-reactive ketones (excluding diaryl/α,β-unsaturated/α-hetero) is 1. The van der Waals surface area contributed by atoms with E-state index in [-0.39, 0.29) is 29.5 Å². The zero-order valence-corrected chi connectivity index (χ0v) is 12.9. The van der Waals surface area contributed by atoms with Crippen LogP contribution in [0.4, 0.5) is 0 Å². The predicted octanol–water partition coefficient (Wildman–Crippen LogP) is 3.34. The van der Waals surface area contributed by atoms with E-state index in [1.165, 1.54) is 13.5 Å². The molecule has 22 heavy (non-hydrogen) atoms. The minimum absolute atomic E-state index is 0.0132. The van der Waals surface area contributed by atoms with Gasteiger partial charge in [0.2, 0.25) is 0 Å². The first-order valence-electron chi connectivity index (χ1n) is 8.36. The largest absolute Gasteiger partial charge is 0.469 e. The zero-order valence-electron chi connectivity index (χ0n) is 12.9. The van der Waals surface area contributed by atoms with E-state index in [0.717, 1.165) is 30.7 Å². The van der Waals surface area contributed by atoms with E-state index in [4.69, 9.17) is 4.74 Å². The Morgan fingerprint density at radius 2 is 1.64 bits per heavy atom. The molecule has 4 aliphatic rings. The summed E-state index contributed by atoms with van der Waals surface area (Å²) in [6.45, 7) is 0. The Labute approximate surface area is 131 Å². The molecule has 0 aliphatic heterocycles. The molecule has 1 aromatic rings. The number of ketones is 1. The van der Waals surface area contributed by atoms with Gasteiger partial charge in [0.25, 0.3) is 0 Å². The Balaban J connectivity index is 1.68. The number of benzene rings is 1. The molecule has 3 nitrogen and oxygen atoms in total. The van der Waals surface area contributed by atoms with Crippen LogP contribution in [0.15, 0.2) is 30.3 Å². The average molecular weight is 298 g/mol. The fraction of sp³-hybridized carbons (Fsp3) is 0.579. The summed E-state index contributed by atoms with van der Waals surface area (Å²) in [7, 11) is 1.47. The molecule has 0 N–H and O–H groups in total. The summed E-state index contributed by atoms with van der Waals surface area (Å²) in [6, 6.07) is 9.58. The normalized spacial score (nSPS) is 38.8. The lowest BCUT2D eigenvalue weighted by Gasteiger charge is -2.56. The summed E-state index contributed by atoms with van der Waals surface area (Å²) >= 11 is 0. The van der Waals surface area contributed by atoms with E-state index in [0.29, 0.717) is 11.8 Å². The van der Waals surface area contributed by atoms with Crippen molar-refractivity contribution in [1.29, 1.82) is 0 Å². The van der Waals surface area contributed by atoms with E-state index in [2.05, 4.69) is 0 Å². The van der Waals surface area contributed by atoms with Gasteiger partial charge in [0.05, 0.1) is 13.0 Å². The second-order valence-electron chi connectivity index (χ2n) is 7.30. The van der Waals surface area contributed by atoms with E-state index in [1.54, 1.807) is 0 Å². The molecule has 0 radical (unpaired) electrons. The van der Waals surface area contributed by atoms with Crippen LogP contribution in [-0.4, -0.2) is 18.9 Å². The lowest BCUT2D eigenvalue weighted by molar-refractivity contribution is -0.162. The van der Waals surface area contributed by atoms with Gasteiger partial charge in [-0.05, 0) is 49.4 Å². The second kappa shape index (κ2) is 5.22. The molecule has 0 saturated heterocycles. The van der Waals surface area contributed by atoms with Crippen molar-refractivity contribution >= 4 is 11.8 Å². The third-order valence-corrected chi connectivity index (χ3v) is 6.26. The molecule has 6 atom stereocenters. The Kier molecular flexibility index (Phi) is 3.32. The van der Waals surface area contributed by atoms with Crippen LogP contribution in [0.1, 0.15) is 36.0 Å². The molecular formula is C19H22O3. The summed E-state index contributed by atoms with van der Waals surface area (Å²) in [4.78, 5) is 25.3. The van der Waals surface area contributed by atoms with Crippen molar-refractivity contribution in [3.63, 3.8) is 0 Å². The number of rotatable bonds is 3. The van der Waals surface area contributed by atoms with Crippen molar-refractivity contribution in [2.24, 2.45) is 35.5 Å².